The van der Waals surface area contributed by atoms with Crippen LogP contribution in [0.4, 0.5) is 4.79 Å². The Balaban J connectivity index is 1.72. The van der Waals surface area contributed by atoms with Gasteiger partial charge in [0.05, 0.1) is 6.04 Å². The number of carbonyl (C=O) groups is 4. The number of benzene rings is 1. The first kappa shape index (κ1) is 19.9. The van der Waals surface area contributed by atoms with Crippen LogP contribution in [0.1, 0.15) is 68.1 Å². The Morgan fingerprint density at radius 1 is 1.29 bits per heavy atom. The smallest absolute Gasteiger partial charge is 0.408 e. The second-order valence-corrected chi connectivity index (χ2v) is 8.18. The first-order valence-corrected chi connectivity index (χ1v) is 9.32. The van der Waals surface area contributed by atoms with E-state index in [2.05, 4.69) is 10.6 Å². The Kier molecular flexibility index (Phi) is 5.14. The minimum atomic E-state index is -0.640. The molecule has 28 heavy (non-hydrogen) atoms. The number of alkyl carbamates (subject to hydrolysis) is 1. The molecule has 2 aliphatic rings. The fourth-order valence-electron chi connectivity index (χ4n) is 3.43. The summed E-state index contributed by atoms with van der Waals surface area (Å²) in [6, 6.07) is 4.42. The molecule has 2 heterocycles. The van der Waals surface area contributed by atoms with Gasteiger partial charge in [-0.2, -0.15) is 0 Å². The average Bonchev–Trinajstić information content (AvgIpc) is 2.89. The molecule has 1 unspecified atom stereocenters. The van der Waals surface area contributed by atoms with Crippen LogP contribution in [0.25, 0.3) is 0 Å². The fourth-order valence-corrected chi connectivity index (χ4v) is 3.43. The summed E-state index contributed by atoms with van der Waals surface area (Å²) >= 11 is 0. The van der Waals surface area contributed by atoms with Gasteiger partial charge in [0.15, 0.2) is 0 Å². The molecule has 0 aliphatic carbocycles. The zero-order valence-electron chi connectivity index (χ0n) is 16.5. The molecule has 2 atom stereocenters. The predicted molar refractivity (Wildman–Crippen MR) is 100 cm³/mol. The molecule has 0 saturated carbocycles. The molecule has 4 amide bonds. The Morgan fingerprint density at radius 2 is 2.00 bits per heavy atom. The molecule has 2 N–H and O–H groups in total. The van der Waals surface area contributed by atoms with Gasteiger partial charge < -0.3 is 15.0 Å². The summed E-state index contributed by atoms with van der Waals surface area (Å²) in [5.74, 6) is -0.962. The van der Waals surface area contributed by atoms with Crippen molar-refractivity contribution in [2.75, 3.05) is 0 Å². The minimum absolute atomic E-state index is 0.219. The molecule has 0 aromatic heterocycles. The van der Waals surface area contributed by atoms with Crippen LogP contribution in [-0.4, -0.2) is 40.4 Å². The number of hydrogen-bond donors (Lipinski definition) is 2. The lowest BCUT2D eigenvalue weighted by Gasteiger charge is -2.29. The number of nitrogens with zero attached hydrogens (tertiary/aromatic N) is 1. The van der Waals surface area contributed by atoms with Gasteiger partial charge in [0.2, 0.25) is 11.8 Å². The van der Waals surface area contributed by atoms with Crippen LogP contribution in [0.15, 0.2) is 18.2 Å². The molecular formula is C20H25N3O5. The highest BCUT2D eigenvalue weighted by molar-refractivity contribution is 6.05. The van der Waals surface area contributed by atoms with Gasteiger partial charge in [-0.1, -0.05) is 12.1 Å². The van der Waals surface area contributed by atoms with E-state index < -0.39 is 23.6 Å². The van der Waals surface area contributed by atoms with Gasteiger partial charge in [-0.15, -0.1) is 0 Å². The zero-order valence-corrected chi connectivity index (χ0v) is 16.5. The normalized spacial score (nSPS) is 20.5. The highest BCUT2D eigenvalue weighted by Gasteiger charge is 2.39. The number of imide groups is 1. The van der Waals surface area contributed by atoms with Gasteiger partial charge in [-0.05, 0) is 51.3 Å². The topological polar surface area (TPSA) is 105 Å². The van der Waals surface area contributed by atoms with Crippen molar-refractivity contribution in [3.8, 4) is 0 Å². The van der Waals surface area contributed by atoms with Crippen molar-refractivity contribution in [3.63, 3.8) is 0 Å². The van der Waals surface area contributed by atoms with Crippen LogP contribution in [0.3, 0.4) is 0 Å². The van der Waals surface area contributed by atoms with E-state index in [4.69, 9.17) is 4.74 Å². The summed E-state index contributed by atoms with van der Waals surface area (Å²) in [5, 5.41) is 5.07. The Bertz CT molecular complexity index is 843. The first-order valence-electron chi connectivity index (χ1n) is 9.32. The molecule has 8 nitrogen and oxygen atoms in total. The van der Waals surface area contributed by atoms with Crippen molar-refractivity contribution < 1.29 is 23.9 Å². The maximum Gasteiger partial charge on any atom is 0.408 e. The van der Waals surface area contributed by atoms with Crippen LogP contribution in [0, 0.1) is 0 Å². The van der Waals surface area contributed by atoms with Gasteiger partial charge in [0.1, 0.15) is 11.6 Å². The van der Waals surface area contributed by atoms with Gasteiger partial charge in [-0.3, -0.25) is 19.7 Å². The van der Waals surface area contributed by atoms with Crippen molar-refractivity contribution in [2.45, 2.75) is 64.8 Å². The van der Waals surface area contributed by atoms with Crippen LogP contribution in [0.2, 0.25) is 0 Å². The largest absolute Gasteiger partial charge is 0.444 e. The van der Waals surface area contributed by atoms with Crippen LogP contribution < -0.4 is 10.6 Å². The van der Waals surface area contributed by atoms with Crippen molar-refractivity contribution >= 4 is 23.8 Å². The van der Waals surface area contributed by atoms with E-state index in [1.807, 2.05) is 13.0 Å². The molecule has 2 aliphatic heterocycles. The number of carbonyl (C=O) groups excluding carboxylic acids is 4. The second-order valence-electron chi connectivity index (χ2n) is 8.18. The SMILES string of the molecule is C[C@H](NC(=O)OC(C)(C)C)c1ccc2c(c1)CN(C1CCC(=O)NC1=O)C2=O. The molecular weight excluding hydrogens is 362 g/mol. The highest BCUT2D eigenvalue weighted by atomic mass is 16.6. The fraction of sp³-hybridized carbons (Fsp3) is 0.500. The van der Waals surface area contributed by atoms with Crippen molar-refractivity contribution in [1.29, 1.82) is 0 Å². The standard InChI is InChI=1S/C20H25N3O5/c1-11(21-19(27)28-20(2,3)4)12-5-6-14-13(9-12)10-23(18(14)26)15-7-8-16(24)22-17(15)25/h5-6,9,11,15H,7-8,10H2,1-4H3,(H,21,27)(H,22,24,25)/t11-,15?/m0/s1. The molecule has 1 saturated heterocycles. The predicted octanol–water partition coefficient (Wildman–Crippen LogP) is 2.03. The molecule has 0 radical (unpaired) electrons. The molecule has 3 rings (SSSR count). The van der Waals surface area contributed by atoms with Crippen molar-refractivity contribution in [2.24, 2.45) is 0 Å². The van der Waals surface area contributed by atoms with E-state index in [0.29, 0.717) is 18.5 Å². The van der Waals surface area contributed by atoms with Crippen LogP contribution in [-0.2, 0) is 20.9 Å². The van der Waals surface area contributed by atoms with E-state index in [-0.39, 0.29) is 24.3 Å². The lowest BCUT2D eigenvalue weighted by atomic mass is 10.0. The maximum atomic E-state index is 12.7. The number of rotatable bonds is 3. The van der Waals surface area contributed by atoms with Crippen molar-refractivity contribution in [1.82, 2.24) is 15.5 Å². The summed E-state index contributed by atoms with van der Waals surface area (Å²) in [6.07, 6.45) is 0.0358. The number of amides is 4. The monoisotopic (exact) mass is 387 g/mol. The second kappa shape index (κ2) is 7.26. The number of fused-ring (bicyclic) bond motifs is 1. The molecule has 1 aromatic rings. The molecule has 1 aromatic carbocycles. The minimum Gasteiger partial charge on any atom is -0.444 e. The van der Waals surface area contributed by atoms with Gasteiger partial charge in [0.25, 0.3) is 5.91 Å². The first-order chi connectivity index (χ1) is 13.0. The number of hydrogen-bond acceptors (Lipinski definition) is 5. The van der Waals surface area contributed by atoms with E-state index in [0.717, 1.165) is 11.1 Å². The third-order valence-corrected chi connectivity index (χ3v) is 4.78. The molecule has 1 fully saturated rings. The molecule has 0 spiro atoms. The quantitative estimate of drug-likeness (QED) is 0.772. The molecule has 0 bridgehead atoms. The third-order valence-electron chi connectivity index (χ3n) is 4.78. The lowest BCUT2D eigenvalue weighted by Crippen LogP contribution is -2.52. The van der Waals surface area contributed by atoms with E-state index >= 15 is 0 Å². The summed E-state index contributed by atoms with van der Waals surface area (Å²) in [5.41, 5.74) is 1.59. The van der Waals surface area contributed by atoms with Crippen LogP contribution >= 0.6 is 0 Å². The van der Waals surface area contributed by atoms with Crippen LogP contribution in [0.5, 0.6) is 0 Å². The van der Waals surface area contributed by atoms with Crippen molar-refractivity contribution in [3.05, 3.63) is 34.9 Å². The summed E-state index contributed by atoms with van der Waals surface area (Å²) < 4.78 is 5.27. The lowest BCUT2D eigenvalue weighted by molar-refractivity contribution is -0.136. The van der Waals surface area contributed by atoms with E-state index in [1.165, 1.54) is 4.90 Å². The number of ether oxygens (including phenoxy) is 1. The summed E-state index contributed by atoms with van der Waals surface area (Å²) in [6.45, 7) is 7.51. The zero-order chi connectivity index (χ0) is 20.6. The molecule has 8 heteroatoms. The van der Waals surface area contributed by atoms with Gasteiger partial charge >= 0.3 is 6.09 Å². The number of piperidine rings is 1. The third kappa shape index (κ3) is 4.16. The van der Waals surface area contributed by atoms with E-state index in [1.54, 1.807) is 32.9 Å². The summed E-state index contributed by atoms with van der Waals surface area (Å²) in [7, 11) is 0. The average molecular weight is 387 g/mol. The molecule has 150 valence electrons. The number of nitrogens with one attached hydrogen (secondary N) is 2. The Hall–Kier alpha value is -2.90. The van der Waals surface area contributed by atoms with Gasteiger partial charge in [0, 0.05) is 18.5 Å². The van der Waals surface area contributed by atoms with Gasteiger partial charge in [-0.25, -0.2) is 4.79 Å². The maximum absolute atomic E-state index is 12.7. The van der Waals surface area contributed by atoms with E-state index in [9.17, 15) is 19.2 Å². The Labute approximate surface area is 163 Å². The highest BCUT2D eigenvalue weighted by Crippen LogP contribution is 2.29. The Morgan fingerprint density at radius 3 is 2.64 bits per heavy atom. The summed E-state index contributed by atoms with van der Waals surface area (Å²) in [4.78, 5) is 49.7.